The van der Waals surface area contributed by atoms with Crippen LogP contribution in [0.4, 0.5) is 0 Å². The number of unbranched alkanes of at least 4 members (excludes halogenated alkanes) is 3. The lowest BCUT2D eigenvalue weighted by molar-refractivity contribution is -0.143. The van der Waals surface area contributed by atoms with Crippen molar-refractivity contribution in [2.75, 3.05) is 0 Å². The third-order valence-electron chi connectivity index (χ3n) is 3.36. The molecule has 0 saturated carbocycles. The number of aliphatic carboxylic acids is 2. The lowest BCUT2D eigenvalue weighted by Crippen LogP contribution is -2.41. The molecular weight excluding hydrogens is 274 g/mol. The number of carboxylic acids is 2. The molecule has 0 heterocycles. The fourth-order valence-corrected chi connectivity index (χ4v) is 2.12. The molecule has 0 spiro atoms. The number of carbonyl (C=O) groups is 3. The van der Waals surface area contributed by atoms with Crippen LogP contribution in [-0.4, -0.2) is 34.1 Å². The Balaban J connectivity index is 4.06. The van der Waals surface area contributed by atoms with Crippen molar-refractivity contribution in [3.05, 3.63) is 0 Å². The molecule has 122 valence electrons. The topological polar surface area (TPSA) is 104 Å². The summed E-state index contributed by atoms with van der Waals surface area (Å²) in [6.45, 7) is 4.11. The molecule has 1 amide bonds. The third kappa shape index (κ3) is 10.8. The zero-order valence-corrected chi connectivity index (χ0v) is 12.9. The van der Waals surface area contributed by atoms with Crippen LogP contribution in [0.15, 0.2) is 0 Å². The Labute approximate surface area is 125 Å². The van der Waals surface area contributed by atoms with Gasteiger partial charge < -0.3 is 15.5 Å². The summed E-state index contributed by atoms with van der Waals surface area (Å²) < 4.78 is 0. The van der Waals surface area contributed by atoms with E-state index in [1.807, 2.05) is 6.92 Å². The van der Waals surface area contributed by atoms with Crippen molar-refractivity contribution in [1.82, 2.24) is 5.32 Å². The number of amides is 1. The van der Waals surface area contributed by atoms with Crippen molar-refractivity contribution >= 4 is 17.8 Å². The molecule has 0 fully saturated rings. The highest BCUT2D eigenvalue weighted by molar-refractivity contribution is 5.84. The van der Waals surface area contributed by atoms with Crippen molar-refractivity contribution in [2.45, 2.75) is 71.3 Å². The van der Waals surface area contributed by atoms with Gasteiger partial charge >= 0.3 is 11.9 Å². The molecule has 0 aliphatic carbocycles. The minimum absolute atomic E-state index is 0.0959. The quantitative estimate of drug-likeness (QED) is 0.480. The second-order valence-corrected chi connectivity index (χ2v) is 5.55. The van der Waals surface area contributed by atoms with Gasteiger partial charge in [-0.2, -0.15) is 0 Å². The van der Waals surface area contributed by atoms with Gasteiger partial charge in [-0.1, -0.05) is 46.0 Å². The van der Waals surface area contributed by atoms with Crippen LogP contribution in [0.25, 0.3) is 0 Å². The number of hydrogen-bond acceptors (Lipinski definition) is 3. The molecule has 3 N–H and O–H groups in total. The zero-order chi connectivity index (χ0) is 16.3. The predicted molar refractivity (Wildman–Crippen MR) is 79.0 cm³/mol. The third-order valence-corrected chi connectivity index (χ3v) is 3.36. The van der Waals surface area contributed by atoms with Gasteiger partial charge in [-0.15, -0.1) is 0 Å². The van der Waals surface area contributed by atoms with Crippen LogP contribution in [0.3, 0.4) is 0 Å². The maximum atomic E-state index is 11.8. The van der Waals surface area contributed by atoms with E-state index in [2.05, 4.69) is 12.2 Å². The Bertz CT molecular complexity index is 343. The van der Waals surface area contributed by atoms with E-state index >= 15 is 0 Å². The molecule has 0 aliphatic heterocycles. The van der Waals surface area contributed by atoms with E-state index in [4.69, 9.17) is 10.2 Å². The van der Waals surface area contributed by atoms with E-state index in [-0.39, 0.29) is 31.1 Å². The summed E-state index contributed by atoms with van der Waals surface area (Å²) >= 11 is 0. The molecule has 0 bridgehead atoms. The van der Waals surface area contributed by atoms with Crippen LogP contribution in [0.1, 0.15) is 65.2 Å². The molecule has 2 atom stereocenters. The molecule has 6 nitrogen and oxygen atoms in total. The van der Waals surface area contributed by atoms with Gasteiger partial charge in [-0.25, -0.2) is 4.79 Å². The van der Waals surface area contributed by atoms with E-state index < -0.39 is 18.0 Å². The van der Waals surface area contributed by atoms with Gasteiger partial charge in [0.15, 0.2) is 0 Å². The summed E-state index contributed by atoms with van der Waals surface area (Å²) in [5.74, 6) is -2.38. The maximum Gasteiger partial charge on any atom is 0.326 e. The number of carboxylic acid groups (broad SMARTS) is 2. The van der Waals surface area contributed by atoms with Crippen LogP contribution in [0.5, 0.6) is 0 Å². The van der Waals surface area contributed by atoms with Crippen LogP contribution in [0.2, 0.25) is 0 Å². The average molecular weight is 301 g/mol. The molecular formula is C15H27NO5. The number of nitrogens with one attached hydrogen (secondary N) is 1. The molecule has 2 unspecified atom stereocenters. The number of hydrogen-bond donors (Lipinski definition) is 3. The first kappa shape index (κ1) is 19.4. The van der Waals surface area contributed by atoms with Gasteiger partial charge in [0.1, 0.15) is 6.04 Å². The zero-order valence-electron chi connectivity index (χ0n) is 12.9. The highest BCUT2D eigenvalue weighted by Gasteiger charge is 2.21. The fraction of sp³-hybridized carbons (Fsp3) is 0.800. The second kappa shape index (κ2) is 11.1. The van der Waals surface area contributed by atoms with Gasteiger partial charge in [-0.3, -0.25) is 9.59 Å². The molecule has 0 aromatic carbocycles. The Hall–Kier alpha value is -1.59. The van der Waals surface area contributed by atoms with E-state index in [1.165, 1.54) is 12.8 Å². The predicted octanol–water partition coefficient (Wildman–Crippen LogP) is 2.42. The van der Waals surface area contributed by atoms with Crippen LogP contribution < -0.4 is 5.32 Å². The van der Waals surface area contributed by atoms with Crippen LogP contribution in [0, 0.1) is 5.92 Å². The van der Waals surface area contributed by atoms with Crippen molar-refractivity contribution in [3.8, 4) is 0 Å². The molecule has 0 radical (unpaired) electrons. The monoisotopic (exact) mass is 301 g/mol. The minimum Gasteiger partial charge on any atom is -0.481 e. The highest BCUT2D eigenvalue weighted by Crippen LogP contribution is 2.14. The van der Waals surface area contributed by atoms with Crippen LogP contribution in [-0.2, 0) is 14.4 Å². The summed E-state index contributed by atoms with van der Waals surface area (Å²) in [6.07, 6.45) is 5.44. The summed E-state index contributed by atoms with van der Waals surface area (Å²) in [7, 11) is 0. The summed E-state index contributed by atoms with van der Waals surface area (Å²) in [6, 6.07) is -1.12. The standard InChI is InChI=1S/C15H27NO5/c1-3-4-5-6-7-11(2)10-13(17)16-12(15(20)21)8-9-14(18)19/h11-12H,3-10H2,1-2H3,(H,16,17)(H,18,19)(H,20,21). The van der Waals surface area contributed by atoms with Crippen molar-refractivity contribution in [2.24, 2.45) is 5.92 Å². The summed E-state index contributed by atoms with van der Waals surface area (Å²) in [5.41, 5.74) is 0. The molecule has 0 aliphatic rings. The normalized spacial score (nSPS) is 13.4. The fourth-order valence-electron chi connectivity index (χ4n) is 2.12. The van der Waals surface area contributed by atoms with Crippen molar-refractivity contribution in [3.63, 3.8) is 0 Å². The van der Waals surface area contributed by atoms with Crippen molar-refractivity contribution in [1.29, 1.82) is 0 Å². The van der Waals surface area contributed by atoms with Gasteiger partial charge in [0.25, 0.3) is 0 Å². The molecule has 6 heteroatoms. The maximum absolute atomic E-state index is 11.8. The SMILES string of the molecule is CCCCCCC(C)CC(=O)NC(CCC(=O)O)C(=O)O. The van der Waals surface area contributed by atoms with Gasteiger partial charge in [0.2, 0.25) is 5.91 Å². The average Bonchev–Trinajstić information content (AvgIpc) is 2.39. The van der Waals surface area contributed by atoms with E-state index in [0.717, 1.165) is 19.3 Å². The van der Waals surface area contributed by atoms with Crippen molar-refractivity contribution < 1.29 is 24.6 Å². The number of rotatable bonds is 12. The van der Waals surface area contributed by atoms with E-state index in [1.54, 1.807) is 0 Å². The first-order valence-corrected chi connectivity index (χ1v) is 7.60. The van der Waals surface area contributed by atoms with Gasteiger partial charge in [0, 0.05) is 12.8 Å². The Kier molecular flexibility index (Phi) is 10.3. The molecule has 0 rings (SSSR count). The lowest BCUT2D eigenvalue weighted by atomic mass is 9.99. The summed E-state index contributed by atoms with van der Waals surface area (Å²) in [4.78, 5) is 33.2. The Morgan fingerprint density at radius 3 is 2.24 bits per heavy atom. The first-order chi connectivity index (χ1) is 9.86. The summed E-state index contributed by atoms with van der Waals surface area (Å²) in [5, 5.41) is 19.9. The largest absolute Gasteiger partial charge is 0.481 e. The molecule has 0 aromatic heterocycles. The van der Waals surface area contributed by atoms with Crippen LogP contribution >= 0.6 is 0 Å². The smallest absolute Gasteiger partial charge is 0.326 e. The lowest BCUT2D eigenvalue weighted by Gasteiger charge is -2.16. The Morgan fingerprint density at radius 1 is 1.05 bits per heavy atom. The minimum atomic E-state index is -1.19. The van der Waals surface area contributed by atoms with Gasteiger partial charge in [0.05, 0.1) is 0 Å². The number of carbonyl (C=O) groups excluding carboxylic acids is 1. The van der Waals surface area contributed by atoms with E-state index in [9.17, 15) is 14.4 Å². The second-order valence-electron chi connectivity index (χ2n) is 5.55. The van der Waals surface area contributed by atoms with E-state index in [0.29, 0.717) is 0 Å². The Morgan fingerprint density at radius 2 is 1.71 bits per heavy atom. The van der Waals surface area contributed by atoms with Gasteiger partial charge in [-0.05, 0) is 12.3 Å². The molecule has 0 aromatic rings. The molecule has 0 saturated heterocycles. The highest BCUT2D eigenvalue weighted by atomic mass is 16.4. The first-order valence-electron chi connectivity index (χ1n) is 7.60. The molecule has 21 heavy (non-hydrogen) atoms.